The number of hydrogen-bond donors (Lipinski definition) is 0. The zero-order chi connectivity index (χ0) is 27.1. The Kier molecular flexibility index (Phi) is 7.79. The van der Waals surface area contributed by atoms with Crippen molar-refractivity contribution < 1.29 is 0 Å². The molecule has 194 valence electrons. The van der Waals surface area contributed by atoms with Crippen molar-refractivity contribution in [1.82, 2.24) is 0 Å². The van der Waals surface area contributed by atoms with Crippen molar-refractivity contribution in [2.24, 2.45) is 0 Å². The summed E-state index contributed by atoms with van der Waals surface area (Å²) in [5.74, 6) is 1.67. The van der Waals surface area contributed by atoms with Gasteiger partial charge in [-0.25, -0.2) is 0 Å². The zero-order valence-electron chi connectivity index (χ0n) is 24.5. The summed E-state index contributed by atoms with van der Waals surface area (Å²) in [4.78, 5) is 4.75. The van der Waals surface area contributed by atoms with Gasteiger partial charge in [0, 0.05) is 17.2 Å². The molecule has 0 spiro atoms. The van der Waals surface area contributed by atoms with Gasteiger partial charge >= 0.3 is 0 Å². The van der Waals surface area contributed by atoms with Crippen LogP contribution < -0.4 is 9.80 Å². The van der Waals surface area contributed by atoms with Crippen molar-refractivity contribution in [2.45, 2.75) is 92.2 Å². The second-order valence-corrected chi connectivity index (χ2v) is 16.5. The van der Waals surface area contributed by atoms with Crippen molar-refractivity contribution >= 4 is 19.4 Å². The summed E-state index contributed by atoms with van der Waals surface area (Å²) in [6, 6.07) is 13.6. The van der Waals surface area contributed by atoms with Crippen molar-refractivity contribution in [3.8, 4) is 0 Å². The molecule has 0 fully saturated rings. The Labute approximate surface area is 227 Å². The lowest BCUT2D eigenvalue weighted by atomic mass is 9.91. The molecule has 0 saturated carbocycles. The summed E-state index contributed by atoms with van der Waals surface area (Å²) in [7, 11) is -2.09. The second-order valence-electron chi connectivity index (χ2n) is 12.2. The molecule has 4 rings (SSSR count). The Morgan fingerprint density at radius 3 is 1.54 bits per heavy atom. The van der Waals surface area contributed by atoms with Crippen LogP contribution in [0, 0.1) is 6.67 Å². The van der Waals surface area contributed by atoms with Crippen LogP contribution in [0.4, 0.5) is 11.4 Å². The van der Waals surface area contributed by atoms with Crippen LogP contribution in [0.25, 0.3) is 0 Å². The van der Waals surface area contributed by atoms with E-state index >= 15 is 0 Å². The fourth-order valence-corrected chi connectivity index (χ4v) is 7.92. The summed E-state index contributed by atoms with van der Waals surface area (Å²) in [6.07, 6.45) is 8.83. The van der Waals surface area contributed by atoms with Crippen LogP contribution in [0.2, 0.25) is 13.1 Å². The van der Waals surface area contributed by atoms with Crippen molar-refractivity contribution in [2.75, 3.05) is 9.80 Å². The predicted molar refractivity (Wildman–Crippen MR) is 164 cm³/mol. The lowest BCUT2D eigenvalue weighted by Gasteiger charge is -2.35. The van der Waals surface area contributed by atoms with E-state index < -0.39 is 8.07 Å². The summed E-state index contributed by atoms with van der Waals surface area (Å²) in [6.45, 7) is 27.2. The molecule has 0 unspecified atom stereocenters. The lowest BCUT2D eigenvalue weighted by molar-refractivity contribution is 0.818. The summed E-state index contributed by atoms with van der Waals surface area (Å²) >= 11 is 0. The molecule has 2 aromatic rings. The van der Waals surface area contributed by atoms with E-state index in [2.05, 4.69) is 152 Å². The smallest absolute Gasteiger partial charge is 0.217 e. The van der Waals surface area contributed by atoms with E-state index in [1.54, 1.807) is 0 Å². The largest absolute Gasteiger partial charge is 0.315 e. The molecule has 0 saturated heterocycles. The number of hydrogen-bond acceptors (Lipinski definition) is 2. The van der Waals surface area contributed by atoms with E-state index in [-0.39, 0.29) is 0 Å². The molecule has 2 nitrogen and oxygen atoms in total. The Morgan fingerprint density at radius 1 is 0.676 bits per heavy atom. The van der Waals surface area contributed by atoms with Gasteiger partial charge in [0.05, 0.1) is 5.69 Å². The molecule has 1 aliphatic heterocycles. The standard InChI is InChI=1S/C34H44N2Si/c1-23(2)28-17-13-18-29(24(3)4)33(28)35-21-32(37(9,10)27-15-11-12-16-27)36(22-35)34-30(25(5)6)19-14-20-31(34)26(7)8/h11-15,17-21,23-26H,1-10H3. The molecule has 37 heavy (non-hydrogen) atoms. The highest BCUT2D eigenvalue weighted by Crippen LogP contribution is 2.46. The summed E-state index contributed by atoms with van der Waals surface area (Å²) in [5.41, 5.74) is 11.7. The van der Waals surface area contributed by atoms with E-state index in [4.69, 9.17) is 0 Å². The highest BCUT2D eigenvalue weighted by molar-refractivity contribution is 6.91. The third-order valence-corrected chi connectivity index (χ3v) is 11.1. The van der Waals surface area contributed by atoms with Gasteiger partial charge in [0.1, 0.15) is 8.07 Å². The summed E-state index contributed by atoms with van der Waals surface area (Å²) < 4.78 is 0. The third-order valence-electron chi connectivity index (χ3n) is 7.76. The van der Waals surface area contributed by atoms with E-state index in [0.29, 0.717) is 23.7 Å². The van der Waals surface area contributed by atoms with E-state index in [0.717, 1.165) is 0 Å². The minimum absolute atomic E-state index is 0.412. The van der Waals surface area contributed by atoms with Gasteiger partial charge in [-0.1, -0.05) is 117 Å². The number of nitrogens with zero attached hydrogens (tertiary/aromatic N) is 2. The SMILES string of the molecule is CC(C)c1cccc(C(C)C)c1N1[C]N(c2c(C(C)C)cccc2C(C)C)C([Si](C)(C)C2=C=CC=C2)=C1. The van der Waals surface area contributed by atoms with Crippen LogP contribution in [-0.4, -0.2) is 8.07 Å². The summed E-state index contributed by atoms with van der Waals surface area (Å²) in [5, 5.41) is 2.69. The van der Waals surface area contributed by atoms with Crippen molar-refractivity contribution in [3.05, 3.63) is 106 Å². The number of anilines is 2. The first-order chi connectivity index (χ1) is 17.4. The van der Waals surface area contributed by atoms with Crippen LogP contribution in [0.1, 0.15) is 101 Å². The highest BCUT2D eigenvalue weighted by Gasteiger charge is 2.42. The van der Waals surface area contributed by atoms with E-state index in [9.17, 15) is 0 Å². The van der Waals surface area contributed by atoms with Gasteiger partial charge in [0.15, 0.2) is 0 Å². The minimum atomic E-state index is -2.09. The molecule has 2 aromatic carbocycles. The van der Waals surface area contributed by atoms with Crippen LogP contribution in [0.3, 0.4) is 0 Å². The van der Waals surface area contributed by atoms with Crippen LogP contribution in [-0.2, 0) is 0 Å². The molecular weight excluding hydrogens is 464 g/mol. The molecule has 0 aromatic heterocycles. The molecule has 0 N–H and O–H groups in total. The molecular formula is C34H44N2Si. The molecule has 0 amide bonds. The van der Waals surface area contributed by atoms with E-state index in [1.807, 2.05) is 0 Å². The van der Waals surface area contributed by atoms with Crippen LogP contribution >= 0.6 is 0 Å². The first-order valence-corrected chi connectivity index (χ1v) is 16.9. The van der Waals surface area contributed by atoms with Gasteiger partial charge in [-0.05, 0) is 57.2 Å². The number of para-hydroxylation sites is 2. The fourth-order valence-electron chi connectivity index (χ4n) is 5.51. The van der Waals surface area contributed by atoms with Crippen LogP contribution in [0.5, 0.6) is 0 Å². The average molecular weight is 509 g/mol. The van der Waals surface area contributed by atoms with E-state index in [1.165, 1.54) is 44.1 Å². The Bertz CT molecular complexity index is 1230. The average Bonchev–Trinajstić information content (AvgIpc) is 3.54. The quantitative estimate of drug-likeness (QED) is 0.258. The second kappa shape index (κ2) is 10.6. The monoisotopic (exact) mass is 508 g/mol. The Morgan fingerprint density at radius 2 is 1.14 bits per heavy atom. The zero-order valence-corrected chi connectivity index (χ0v) is 25.5. The predicted octanol–water partition coefficient (Wildman–Crippen LogP) is 9.78. The Hall–Kier alpha value is -2.74. The first-order valence-electron chi connectivity index (χ1n) is 13.9. The van der Waals surface area contributed by atoms with Gasteiger partial charge in [0.25, 0.3) is 0 Å². The highest BCUT2D eigenvalue weighted by atomic mass is 28.3. The molecule has 0 atom stereocenters. The number of allylic oxidation sites excluding steroid dienone is 3. The maximum Gasteiger partial charge on any atom is 0.217 e. The maximum atomic E-state index is 3.92. The van der Waals surface area contributed by atoms with Crippen molar-refractivity contribution in [3.63, 3.8) is 0 Å². The molecule has 2 radical (unpaired) electrons. The number of rotatable bonds is 8. The molecule has 2 aliphatic rings. The molecule has 1 heterocycles. The maximum absolute atomic E-state index is 3.92. The fraction of sp³-hybridized carbons (Fsp3) is 0.412. The topological polar surface area (TPSA) is 6.48 Å². The minimum Gasteiger partial charge on any atom is -0.315 e. The lowest BCUT2D eigenvalue weighted by Crippen LogP contribution is -2.39. The third kappa shape index (κ3) is 5.04. The van der Waals surface area contributed by atoms with Crippen LogP contribution in [0.15, 0.2) is 77.1 Å². The van der Waals surface area contributed by atoms with Gasteiger partial charge in [-0.3, -0.25) is 0 Å². The molecule has 3 heteroatoms. The van der Waals surface area contributed by atoms with Gasteiger partial charge in [0.2, 0.25) is 6.67 Å². The molecule has 0 bridgehead atoms. The van der Waals surface area contributed by atoms with Gasteiger partial charge in [-0.2, -0.15) is 0 Å². The molecule has 1 aliphatic carbocycles. The normalized spacial score (nSPS) is 15.7. The van der Waals surface area contributed by atoms with Crippen molar-refractivity contribution in [1.29, 1.82) is 0 Å². The first kappa shape index (κ1) is 27.3. The van der Waals surface area contributed by atoms with Gasteiger partial charge in [-0.15, -0.1) is 5.73 Å². The number of benzene rings is 2. The Balaban J connectivity index is 1.99. The van der Waals surface area contributed by atoms with Gasteiger partial charge < -0.3 is 9.80 Å².